The van der Waals surface area contributed by atoms with Crippen LogP contribution in [-0.4, -0.2) is 61.1 Å². The van der Waals surface area contributed by atoms with Crippen molar-refractivity contribution in [1.29, 1.82) is 0 Å². The van der Waals surface area contributed by atoms with Crippen LogP contribution < -0.4 is 15.5 Å². The van der Waals surface area contributed by atoms with Crippen molar-refractivity contribution in [3.05, 3.63) is 42.5 Å². The van der Waals surface area contributed by atoms with Gasteiger partial charge in [0.2, 0.25) is 0 Å². The second-order valence-corrected chi connectivity index (χ2v) is 8.93. The molecule has 1 aromatic heterocycles. The summed E-state index contributed by atoms with van der Waals surface area (Å²) in [6.45, 7) is 5.32. The maximum atomic E-state index is 15.2. The van der Waals surface area contributed by atoms with E-state index in [0.717, 1.165) is 51.1 Å². The zero-order chi connectivity index (χ0) is 20.6. The molecule has 0 atom stereocenters. The quantitative estimate of drug-likeness (QED) is 0.803. The molecule has 0 radical (unpaired) electrons. The van der Waals surface area contributed by atoms with Gasteiger partial charge in [-0.05, 0) is 57.0 Å². The maximum Gasteiger partial charge on any atom is 0.156 e. The second kappa shape index (κ2) is 8.29. The molecule has 2 N–H and O–H groups in total. The largest absolute Gasteiger partial charge is 0.344 e. The van der Waals surface area contributed by atoms with Crippen LogP contribution in [0.3, 0.4) is 0 Å². The van der Waals surface area contributed by atoms with Crippen molar-refractivity contribution in [2.45, 2.75) is 37.4 Å². The average Bonchev–Trinajstić information content (AvgIpc) is 3.20. The molecule has 0 amide bonds. The van der Waals surface area contributed by atoms with Gasteiger partial charge < -0.3 is 19.7 Å². The molecule has 3 aliphatic heterocycles. The highest BCUT2D eigenvalue weighted by Gasteiger charge is 2.35. The lowest BCUT2D eigenvalue weighted by atomic mass is 9.92. The van der Waals surface area contributed by atoms with E-state index in [4.69, 9.17) is 0 Å². The van der Waals surface area contributed by atoms with E-state index in [9.17, 15) is 0 Å². The number of fused-ring (bicyclic) bond motifs is 1. The lowest BCUT2D eigenvalue weighted by Crippen LogP contribution is -2.48. The molecule has 30 heavy (non-hydrogen) atoms. The van der Waals surface area contributed by atoms with Crippen molar-refractivity contribution < 1.29 is 8.78 Å². The molecule has 162 valence electrons. The number of piperidine rings is 2. The summed E-state index contributed by atoms with van der Waals surface area (Å²) in [7, 11) is 0. The number of benzene rings is 1. The number of anilines is 1. The van der Waals surface area contributed by atoms with Crippen LogP contribution in [0.1, 0.15) is 31.7 Å². The van der Waals surface area contributed by atoms with E-state index < -0.39 is 5.67 Å². The summed E-state index contributed by atoms with van der Waals surface area (Å²) >= 11 is 0. The number of nitrogens with zero attached hydrogens (tertiary/aromatic N) is 3. The van der Waals surface area contributed by atoms with Gasteiger partial charge in [0.25, 0.3) is 0 Å². The number of rotatable bonds is 4. The Hall–Kier alpha value is -1.96. The Morgan fingerprint density at radius 3 is 2.60 bits per heavy atom. The third-order valence-electron chi connectivity index (χ3n) is 6.91. The van der Waals surface area contributed by atoms with Gasteiger partial charge in [-0.2, -0.15) is 0 Å². The molecule has 2 aromatic rings. The van der Waals surface area contributed by atoms with Crippen molar-refractivity contribution in [3.8, 4) is 0 Å². The average molecular weight is 416 g/mol. The van der Waals surface area contributed by atoms with Crippen LogP contribution in [0.2, 0.25) is 0 Å². The van der Waals surface area contributed by atoms with Gasteiger partial charge >= 0.3 is 0 Å². The topological polar surface area (TPSA) is 35.5 Å². The van der Waals surface area contributed by atoms with Crippen molar-refractivity contribution in [2.75, 3.05) is 50.8 Å². The molecule has 5 rings (SSSR count). The highest BCUT2D eigenvalue weighted by atomic mass is 19.1. The summed E-state index contributed by atoms with van der Waals surface area (Å²) < 4.78 is 32.5. The van der Waals surface area contributed by atoms with Gasteiger partial charge in [-0.25, -0.2) is 8.78 Å². The number of aromatic nitrogens is 1. The molecule has 4 heterocycles. The predicted octanol–water partition coefficient (Wildman–Crippen LogP) is 3.39. The molecule has 5 nitrogen and oxygen atoms in total. The van der Waals surface area contributed by atoms with E-state index in [1.807, 2.05) is 41.6 Å². The Balaban J connectivity index is 1.28. The Labute approximate surface area is 176 Å². The van der Waals surface area contributed by atoms with Gasteiger partial charge in [0.1, 0.15) is 5.67 Å². The molecule has 0 bridgehead atoms. The van der Waals surface area contributed by atoms with Gasteiger partial charge in [-0.3, -0.25) is 5.32 Å². The Bertz CT molecular complexity index is 910. The normalized spacial score (nSPS) is 23.3. The molecule has 2 saturated heterocycles. The zero-order valence-corrected chi connectivity index (χ0v) is 17.4. The molecule has 0 aliphatic carbocycles. The van der Waals surface area contributed by atoms with Crippen LogP contribution in [0.15, 0.2) is 36.7 Å². The minimum Gasteiger partial charge on any atom is -0.344 e. The number of halogens is 2. The first-order chi connectivity index (χ1) is 14.6. The molecular formula is C23H31F2N5. The standard InChI is InChI=1S/C23H31F2N5/c24-22-19-6-15-30(20(19)2-3-21(22)29-12-1-9-27-17-29)18-4-13-28(14-5-18)16-23(25)7-10-26-11-8-23/h1-3,6,12,15,18,26-27H,4-5,7-11,13-14,16-17H2. The fourth-order valence-electron chi connectivity index (χ4n) is 5.19. The van der Waals surface area contributed by atoms with Crippen LogP contribution in [0.4, 0.5) is 14.5 Å². The fraction of sp³-hybridized carbons (Fsp3) is 0.565. The van der Waals surface area contributed by atoms with Crippen molar-refractivity contribution in [1.82, 2.24) is 20.1 Å². The molecule has 1 aromatic carbocycles. The van der Waals surface area contributed by atoms with Crippen LogP contribution in [0.25, 0.3) is 10.9 Å². The Morgan fingerprint density at radius 1 is 1.07 bits per heavy atom. The summed E-state index contributed by atoms with van der Waals surface area (Å²) in [5.41, 5.74) is 0.507. The SMILES string of the molecule is Fc1c(N2C=CCNC2)ccc2c1ccn2C1CCN(CC2(F)CCNCC2)CC1. The lowest BCUT2D eigenvalue weighted by Gasteiger charge is -2.39. The molecule has 3 aliphatic rings. The van der Waals surface area contributed by atoms with Crippen LogP contribution in [0, 0.1) is 5.82 Å². The van der Waals surface area contributed by atoms with E-state index in [-0.39, 0.29) is 5.82 Å². The number of alkyl halides is 1. The van der Waals surface area contributed by atoms with E-state index in [2.05, 4.69) is 20.1 Å². The van der Waals surface area contributed by atoms with Crippen LogP contribution >= 0.6 is 0 Å². The van der Waals surface area contributed by atoms with E-state index in [1.165, 1.54) is 0 Å². The van der Waals surface area contributed by atoms with Gasteiger partial charge in [0.05, 0.1) is 17.9 Å². The fourth-order valence-corrected chi connectivity index (χ4v) is 5.19. The smallest absolute Gasteiger partial charge is 0.156 e. The Kier molecular flexibility index (Phi) is 5.52. The van der Waals surface area contributed by atoms with Crippen molar-refractivity contribution in [2.24, 2.45) is 0 Å². The summed E-state index contributed by atoms with van der Waals surface area (Å²) in [4.78, 5) is 4.18. The predicted molar refractivity (Wildman–Crippen MR) is 117 cm³/mol. The van der Waals surface area contributed by atoms with Gasteiger partial charge in [-0.1, -0.05) is 6.08 Å². The second-order valence-electron chi connectivity index (χ2n) is 8.93. The minimum absolute atomic E-state index is 0.165. The van der Waals surface area contributed by atoms with E-state index in [1.54, 1.807) is 0 Å². The third kappa shape index (κ3) is 3.86. The van der Waals surface area contributed by atoms with Crippen LogP contribution in [0.5, 0.6) is 0 Å². The van der Waals surface area contributed by atoms with Crippen LogP contribution in [-0.2, 0) is 0 Å². The summed E-state index contributed by atoms with van der Waals surface area (Å²) in [5.74, 6) is -0.165. The molecule has 2 fully saturated rings. The van der Waals surface area contributed by atoms with Crippen molar-refractivity contribution >= 4 is 16.6 Å². The number of hydrogen-bond acceptors (Lipinski definition) is 4. The summed E-state index contributed by atoms with van der Waals surface area (Å²) in [5, 5.41) is 7.15. The highest BCUT2D eigenvalue weighted by Crippen LogP contribution is 2.34. The molecule has 0 saturated carbocycles. The van der Waals surface area contributed by atoms with E-state index in [0.29, 0.717) is 43.2 Å². The number of likely N-dealkylation sites (tertiary alicyclic amines) is 1. The number of nitrogens with one attached hydrogen (secondary N) is 2. The monoisotopic (exact) mass is 415 g/mol. The Morgan fingerprint density at radius 2 is 1.87 bits per heavy atom. The first-order valence-corrected chi connectivity index (χ1v) is 11.2. The van der Waals surface area contributed by atoms with Gasteiger partial charge in [0, 0.05) is 50.0 Å². The van der Waals surface area contributed by atoms with Gasteiger partial charge in [0.15, 0.2) is 5.82 Å². The zero-order valence-electron chi connectivity index (χ0n) is 17.4. The van der Waals surface area contributed by atoms with E-state index >= 15 is 8.78 Å². The first-order valence-electron chi connectivity index (χ1n) is 11.2. The molecule has 0 spiro atoms. The third-order valence-corrected chi connectivity index (χ3v) is 6.91. The summed E-state index contributed by atoms with van der Waals surface area (Å²) in [6.07, 6.45) is 9.12. The number of hydrogen-bond donors (Lipinski definition) is 2. The lowest BCUT2D eigenvalue weighted by molar-refractivity contribution is 0.0472. The summed E-state index contributed by atoms with van der Waals surface area (Å²) in [6, 6.07) is 6.15. The molecule has 0 unspecified atom stereocenters. The van der Waals surface area contributed by atoms with Gasteiger partial charge in [-0.15, -0.1) is 0 Å². The first kappa shape index (κ1) is 20.0. The molecular weight excluding hydrogens is 384 g/mol. The van der Waals surface area contributed by atoms with Crippen molar-refractivity contribution in [3.63, 3.8) is 0 Å². The highest BCUT2D eigenvalue weighted by molar-refractivity contribution is 5.85. The maximum absolute atomic E-state index is 15.2. The molecule has 7 heteroatoms. The minimum atomic E-state index is -1.05.